The van der Waals surface area contributed by atoms with Crippen molar-refractivity contribution < 1.29 is 18.0 Å². The molecule has 0 aromatic carbocycles. The first-order chi connectivity index (χ1) is 7.60. The molecule has 0 aliphatic rings. The smallest absolute Gasteiger partial charge is 0.309 e. The highest BCUT2D eigenvalue weighted by Gasteiger charge is 2.33. The fourth-order valence-electron chi connectivity index (χ4n) is 0.843. The molecule has 0 unspecified atom stereocenters. The van der Waals surface area contributed by atoms with Crippen LogP contribution in [0.15, 0.2) is 12.4 Å². The van der Waals surface area contributed by atoms with Gasteiger partial charge < -0.3 is 5.32 Å². The fourth-order valence-corrected chi connectivity index (χ4v) is 0.843. The van der Waals surface area contributed by atoms with E-state index in [4.69, 9.17) is 0 Å². The van der Waals surface area contributed by atoms with Crippen LogP contribution in [0.1, 0.15) is 26.5 Å². The Hall–Kier alpha value is -1.66. The molecule has 94 valence electrons. The Morgan fingerprint density at radius 3 is 2.12 bits per heavy atom. The minimum atomic E-state index is -4.53. The van der Waals surface area contributed by atoms with E-state index in [0.717, 1.165) is 6.20 Å². The summed E-state index contributed by atoms with van der Waals surface area (Å²) in [5.74, 6) is -0.343. The summed E-state index contributed by atoms with van der Waals surface area (Å²) in [6.45, 7) is 5.04. The molecule has 1 amide bonds. The molecule has 1 N–H and O–H groups in total. The standard InChI is InChI=1S/C10H12F3N3O/c1-9(2,3)8(17)16-7-5-14-6(4-15-7)10(11,12)13/h4-5H,1-3H3,(H,15,16,17). The normalized spacial score (nSPS) is 12.4. The second kappa shape index (κ2) is 4.31. The number of rotatable bonds is 1. The van der Waals surface area contributed by atoms with E-state index >= 15 is 0 Å². The van der Waals surface area contributed by atoms with Crippen molar-refractivity contribution >= 4 is 11.7 Å². The Morgan fingerprint density at radius 1 is 1.18 bits per heavy atom. The number of halogens is 3. The molecule has 7 heteroatoms. The van der Waals surface area contributed by atoms with Gasteiger partial charge in [0.2, 0.25) is 5.91 Å². The van der Waals surface area contributed by atoms with Crippen molar-refractivity contribution in [3.63, 3.8) is 0 Å². The van der Waals surface area contributed by atoms with Crippen LogP contribution in [0.3, 0.4) is 0 Å². The second-order valence-electron chi connectivity index (χ2n) is 4.49. The number of hydrogen-bond acceptors (Lipinski definition) is 3. The summed E-state index contributed by atoms with van der Waals surface area (Å²) in [6, 6.07) is 0. The van der Waals surface area contributed by atoms with Gasteiger partial charge >= 0.3 is 6.18 Å². The molecule has 4 nitrogen and oxygen atoms in total. The monoisotopic (exact) mass is 247 g/mol. The summed E-state index contributed by atoms with van der Waals surface area (Å²) >= 11 is 0. The molecule has 1 heterocycles. The Balaban J connectivity index is 2.80. The first-order valence-corrected chi connectivity index (χ1v) is 4.81. The lowest BCUT2D eigenvalue weighted by Gasteiger charge is -2.17. The number of amides is 1. The molecule has 0 aliphatic heterocycles. The largest absolute Gasteiger partial charge is 0.434 e. The molecule has 0 bridgehead atoms. The van der Waals surface area contributed by atoms with Gasteiger partial charge in [-0.25, -0.2) is 9.97 Å². The van der Waals surface area contributed by atoms with E-state index in [1.165, 1.54) is 0 Å². The number of nitrogens with zero attached hydrogens (tertiary/aromatic N) is 2. The zero-order chi connectivity index (χ0) is 13.3. The van der Waals surface area contributed by atoms with Crippen LogP contribution < -0.4 is 5.32 Å². The van der Waals surface area contributed by atoms with Crippen LogP contribution >= 0.6 is 0 Å². The van der Waals surface area contributed by atoms with Crippen LogP contribution in [-0.2, 0) is 11.0 Å². The lowest BCUT2D eigenvalue weighted by molar-refractivity contribution is -0.141. The molecule has 0 saturated heterocycles. The summed E-state index contributed by atoms with van der Waals surface area (Å²) in [4.78, 5) is 18.2. The van der Waals surface area contributed by atoms with Crippen molar-refractivity contribution in [3.05, 3.63) is 18.1 Å². The molecule has 1 rings (SSSR count). The van der Waals surface area contributed by atoms with Crippen molar-refractivity contribution in [2.45, 2.75) is 26.9 Å². The molecular formula is C10H12F3N3O. The molecule has 17 heavy (non-hydrogen) atoms. The number of carbonyl (C=O) groups excluding carboxylic acids is 1. The van der Waals surface area contributed by atoms with Crippen molar-refractivity contribution in [1.82, 2.24) is 9.97 Å². The fraction of sp³-hybridized carbons (Fsp3) is 0.500. The first-order valence-electron chi connectivity index (χ1n) is 4.81. The van der Waals surface area contributed by atoms with Crippen LogP contribution in [-0.4, -0.2) is 15.9 Å². The Labute approximate surface area is 96.3 Å². The number of alkyl halides is 3. The van der Waals surface area contributed by atoms with Gasteiger partial charge in [-0.1, -0.05) is 20.8 Å². The Kier molecular flexibility index (Phi) is 3.40. The average Bonchev–Trinajstić information content (AvgIpc) is 2.15. The summed E-state index contributed by atoms with van der Waals surface area (Å²) in [6.07, 6.45) is -3.07. The van der Waals surface area contributed by atoms with Gasteiger partial charge in [0.1, 0.15) is 0 Å². The summed E-state index contributed by atoms with van der Waals surface area (Å²) in [7, 11) is 0. The van der Waals surface area contributed by atoms with Gasteiger partial charge in [0.15, 0.2) is 11.5 Å². The third-order valence-corrected chi connectivity index (χ3v) is 1.87. The zero-order valence-corrected chi connectivity index (χ0v) is 9.59. The van der Waals surface area contributed by atoms with Gasteiger partial charge in [-0.2, -0.15) is 13.2 Å². The van der Waals surface area contributed by atoms with Gasteiger partial charge in [-0.05, 0) is 0 Å². The molecule has 0 radical (unpaired) electrons. The molecule has 0 spiro atoms. The lowest BCUT2D eigenvalue weighted by Crippen LogP contribution is -2.28. The zero-order valence-electron chi connectivity index (χ0n) is 9.59. The van der Waals surface area contributed by atoms with Crippen molar-refractivity contribution in [2.75, 3.05) is 5.32 Å². The second-order valence-corrected chi connectivity index (χ2v) is 4.49. The number of anilines is 1. The van der Waals surface area contributed by atoms with Crippen molar-refractivity contribution in [2.24, 2.45) is 5.41 Å². The van der Waals surface area contributed by atoms with Gasteiger partial charge in [0.05, 0.1) is 12.4 Å². The molecule has 0 atom stereocenters. The molecule has 1 aromatic rings. The molecule has 0 saturated carbocycles. The van der Waals surface area contributed by atoms with E-state index in [1.807, 2.05) is 0 Å². The first kappa shape index (κ1) is 13.4. The predicted molar refractivity (Wildman–Crippen MR) is 55.1 cm³/mol. The highest BCUT2D eigenvalue weighted by molar-refractivity contribution is 5.93. The van der Waals surface area contributed by atoms with Crippen LogP contribution in [0.2, 0.25) is 0 Å². The van der Waals surface area contributed by atoms with Crippen molar-refractivity contribution in [1.29, 1.82) is 0 Å². The summed E-state index contributed by atoms with van der Waals surface area (Å²) in [5, 5.41) is 2.38. The molecule has 1 aromatic heterocycles. The van der Waals surface area contributed by atoms with Gasteiger partial charge in [0.25, 0.3) is 0 Å². The van der Waals surface area contributed by atoms with E-state index in [-0.39, 0.29) is 11.7 Å². The van der Waals surface area contributed by atoms with E-state index < -0.39 is 17.3 Å². The number of hydrogen-bond donors (Lipinski definition) is 1. The number of aromatic nitrogens is 2. The van der Waals surface area contributed by atoms with Gasteiger partial charge in [0, 0.05) is 5.41 Å². The van der Waals surface area contributed by atoms with E-state index in [2.05, 4.69) is 15.3 Å². The minimum absolute atomic E-state index is 0.00192. The Bertz CT molecular complexity index is 406. The SMILES string of the molecule is CC(C)(C)C(=O)Nc1cnc(C(F)(F)F)cn1. The van der Waals surface area contributed by atoms with Crippen LogP contribution in [0, 0.1) is 5.41 Å². The van der Waals surface area contributed by atoms with Crippen LogP contribution in [0.4, 0.5) is 19.0 Å². The third kappa shape index (κ3) is 3.69. The highest BCUT2D eigenvalue weighted by atomic mass is 19.4. The Morgan fingerprint density at radius 2 is 1.76 bits per heavy atom. The van der Waals surface area contributed by atoms with E-state index in [9.17, 15) is 18.0 Å². The molecular weight excluding hydrogens is 235 g/mol. The van der Waals surface area contributed by atoms with Crippen LogP contribution in [0.25, 0.3) is 0 Å². The maximum atomic E-state index is 12.2. The highest BCUT2D eigenvalue weighted by Crippen LogP contribution is 2.27. The molecule has 0 aliphatic carbocycles. The summed E-state index contributed by atoms with van der Waals surface area (Å²) in [5.41, 5.74) is -1.74. The average molecular weight is 247 g/mol. The number of nitrogens with one attached hydrogen (secondary N) is 1. The third-order valence-electron chi connectivity index (χ3n) is 1.87. The maximum Gasteiger partial charge on any atom is 0.434 e. The predicted octanol–water partition coefficient (Wildman–Crippen LogP) is 2.48. The van der Waals surface area contributed by atoms with Crippen molar-refractivity contribution in [3.8, 4) is 0 Å². The topological polar surface area (TPSA) is 54.9 Å². The minimum Gasteiger partial charge on any atom is -0.309 e. The van der Waals surface area contributed by atoms with E-state index in [1.54, 1.807) is 20.8 Å². The van der Waals surface area contributed by atoms with Gasteiger partial charge in [-0.3, -0.25) is 4.79 Å². The van der Waals surface area contributed by atoms with Gasteiger partial charge in [-0.15, -0.1) is 0 Å². The lowest BCUT2D eigenvalue weighted by atomic mass is 9.96. The van der Waals surface area contributed by atoms with E-state index in [0.29, 0.717) is 6.20 Å². The number of carbonyl (C=O) groups is 1. The summed E-state index contributed by atoms with van der Waals surface area (Å²) < 4.78 is 36.5. The van der Waals surface area contributed by atoms with Crippen LogP contribution in [0.5, 0.6) is 0 Å². The molecule has 0 fully saturated rings. The quantitative estimate of drug-likeness (QED) is 0.829. The maximum absolute atomic E-state index is 12.2.